The van der Waals surface area contributed by atoms with Crippen molar-refractivity contribution in [3.63, 3.8) is 0 Å². The fraction of sp³-hybridized carbons (Fsp3) is 0.771. The van der Waals surface area contributed by atoms with E-state index in [4.69, 9.17) is 35.4 Å². The average Bonchev–Trinajstić information content (AvgIpc) is 3.11. The summed E-state index contributed by atoms with van der Waals surface area (Å²) in [4.78, 5) is 0. The van der Waals surface area contributed by atoms with Crippen molar-refractivity contribution >= 4 is 34.2 Å². The van der Waals surface area contributed by atoms with Crippen LogP contribution < -0.4 is 0 Å². The molecule has 0 atom stereocenters. The van der Waals surface area contributed by atoms with Crippen LogP contribution in [-0.2, 0) is 35.4 Å². The first kappa shape index (κ1) is 48.6. The maximum Gasteiger partial charge on any atom is 0.369 e. The second-order valence-electron chi connectivity index (χ2n) is 11.6. The monoisotopic (exact) mass is 734 g/mol. The van der Waals surface area contributed by atoms with Crippen molar-refractivity contribution in [1.82, 2.24) is 0 Å². The Labute approximate surface area is 295 Å². The smallest absolute Gasteiger partial charge is 0.369 e. The molecule has 278 valence electrons. The van der Waals surface area contributed by atoms with Crippen LogP contribution in [0.3, 0.4) is 0 Å². The molecule has 8 nitrogen and oxygen atoms in total. The maximum atomic E-state index is 6.29. The molecule has 0 fully saturated rings. The zero-order chi connectivity index (χ0) is 36.1. The molecule has 0 aliphatic heterocycles. The summed E-state index contributed by atoms with van der Waals surface area (Å²) in [5.74, 6) is 0. The van der Waals surface area contributed by atoms with Gasteiger partial charge in [0.1, 0.15) is 0 Å². The minimum Gasteiger partial charge on any atom is -0.391 e. The molecule has 0 aliphatic carbocycles. The van der Waals surface area contributed by atoms with Crippen LogP contribution in [-0.4, -0.2) is 87.1 Å². The Morgan fingerprint density at radius 1 is 0.383 bits per heavy atom. The Kier molecular flexibility index (Phi) is 30.3. The lowest BCUT2D eigenvalue weighted by Crippen LogP contribution is -2.59. The van der Waals surface area contributed by atoms with Crippen LogP contribution in [0.2, 0.25) is 10.8 Å². The first-order valence-corrected chi connectivity index (χ1v) is 26.4. The van der Waals surface area contributed by atoms with Gasteiger partial charge in [-0.05, 0) is 74.2 Å². The van der Waals surface area contributed by atoms with Crippen LogP contribution in [0, 0.1) is 0 Å². The van der Waals surface area contributed by atoms with Crippen molar-refractivity contribution in [1.29, 1.82) is 0 Å². The van der Waals surface area contributed by atoms with E-state index in [1.807, 2.05) is 22.8 Å². The third kappa shape index (κ3) is 17.8. The van der Waals surface area contributed by atoms with Gasteiger partial charge in [0, 0.05) is 58.5 Å². The van der Waals surface area contributed by atoms with Gasteiger partial charge in [-0.1, -0.05) is 62.3 Å². The Bertz CT molecular complexity index is 708. The quantitative estimate of drug-likeness (QED) is 0.0633. The fourth-order valence-corrected chi connectivity index (χ4v) is 21.4. The van der Waals surface area contributed by atoms with Gasteiger partial charge in [0.05, 0.1) is 5.16 Å². The lowest BCUT2D eigenvalue weighted by atomic mass is 10.5. The number of hydrogen-bond acceptors (Lipinski definition) is 8. The van der Waals surface area contributed by atoms with Gasteiger partial charge in [-0.25, -0.2) is 0 Å². The summed E-state index contributed by atoms with van der Waals surface area (Å²) in [5.41, 5.74) is 8.23. The molecule has 0 radical (unpaired) electrons. The van der Waals surface area contributed by atoms with E-state index in [9.17, 15) is 0 Å². The summed E-state index contributed by atoms with van der Waals surface area (Å²) >= 11 is 0. The normalized spacial score (nSPS) is 12.5. The lowest BCUT2D eigenvalue weighted by Gasteiger charge is -2.41. The molecule has 0 amide bonds. The molecule has 0 saturated heterocycles. The molecule has 0 saturated carbocycles. The van der Waals surface area contributed by atoms with E-state index in [0.717, 1.165) is 51.4 Å². The van der Waals surface area contributed by atoms with Crippen LogP contribution in [0.4, 0.5) is 0 Å². The van der Waals surface area contributed by atoms with Crippen LogP contribution in [0.1, 0.15) is 114 Å². The molecular weight excluding hydrogens is 661 g/mol. The summed E-state index contributed by atoms with van der Waals surface area (Å²) in [6, 6.07) is 0. The van der Waals surface area contributed by atoms with Gasteiger partial charge in [-0.15, -0.1) is 26.3 Å². The van der Waals surface area contributed by atoms with Crippen molar-refractivity contribution in [2.75, 3.05) is 52.9 Å². The van der Waals surface area contributed by atoms with Gasteiger partial charge in [-0.2, -0.15) is 0 Å². The SMILES string of the molecule is C=C[Si](C[Si](C=C)(OCCC)OCCC)(OCCC)OCCC.C=C[Si](OCCC)(OCCC)C(C)[Si](C=C)(OCCC)OCCC. The zero-order valence-corrected chi connectivity index (χ0v) is 36.0. The molecule has 0 aromatic heterocycles. The van der Waals surface area contributed by atoms with E-state index in [-0.39, 0.29) is 5.16 Å². The first-order valence-electron chi connectivity index (χ1n) is 18.2. The molecule has 12 heteroatoms. The van der Waals surface area contributed by atoms with Crippen LogP contribution >= 0.6 is 0 Å². The van der Waals surface area contributed by atoms with Gasteiger partial charge in [0.15, 0.2) is 0 Å². The van der Waals surface area contributed by atoms with Gasteiger partial charge in [0.2, 0.25) is 0 Å². The Hall–Kier alpha value is -0.492. The van der Waals surface area contributed by atoms with Crippen LogP contribution in [0.15, 0.2) is 49.1 Å². The summed E-state index contributed by atoms with van der Waals surface area (Å²) in [6.07, 6.45) is 7.58. The van der Waals surface area contributed by atoms with Crippen molar-refractivity contribution in [3.8, 4) is 0 Å². The third-order valence-corrected chi connectivity index (χ3v) is 23.8. The van der Waals surface area contributed by atoms with Gasteiger partial charge in [0.25, 0.3) is 0 Å². The third-order valence-electron chi connectivity index (χ3n) is 7.22. The minimum absolute atomic E-state index is 0.0243. The van der Waals surface area contributed by atoms with Gasteiger partial charge < -0.3 is 35.4 Å². The zero-order valence-electron chi connectivity index (χ0n) is 32.0. The highest BCUT2D eigenvalue weighted by molar-refractivity contribution is 6.93. The molecule has 0 aliphatic rings. The predicted octanol–water partition coefficient (Wildman–Crippen LogP) is 9.52. The predicted molar refractivity (Wildman–Crippen MR) is 208 cm³/mol. The Balaban J connectivity index is 0. The highest BCUT2D eigenvalue weighted by atomic mass is 28.4. The molecular formula is C35H74O8Si4. The average molecular weight is 735 g/mol. The first-order chi connectivity index (χ1) is 22.6. The summed E-state index contributed by atoms with van der Waals surface area (Å²) in [5, 5.41) is 0.0243. The number of rotatable bonds is 32. The summed E-state index contributed by atoms with van der Waals surface area (Å²) in [6.45, 7) is 40.4. The molecule has 0 aromatic carbocycles. The summed E-state index contributed by atoms with van der Waals surface area (Å²) < 4.78 is 49.8. The highest BCUT2D eigenvalue weighted by Crippen LogP contribution is 2.37. The van der Waals surface area contributed by atoms with E-state index >= 15 is 0 Å². The Morgan fingerprint density at radius 2 is 0.596 bits per heavy atom. The topological polar surface area (TPSA) is 73.8 Å². The van der Waals surface area contributed by atoms with Crippen LogP contribution in [0.25, 0.3) is 0 Å². The van der Waals surface area contributed by atoms with E-state index < -0.39 is 34.2 Å². The van der Waals surface area contributed by atoms with Crippen molar-refractivity contribution in [3.05, 3.63) is 49.1 Å². The van der Waals surface area contributed by atoms with Crippen molar-refractivity contribution < 1.29 is 35.4 Å². The van der Waals surface area contributed by atoms with Crippen LogP contribution in [0.5, 0.6) is 0 Å². The van der Waals surface area contributed by atoms with E-state index in [1.54, 1.807) is 0 Å². The van der Waals surface area contributed by atoms with Crippen molar-refractivity contribution in [2.24, 2.45) is 0 Å². The molecule has 0 bridgehead atoms. The van der Waals surface area contributed by atoms with E-state index in [0.29, 0.717) is 58.5 Å². The molecule has 0 rings (SSSR count). The van der Waals surface area contributed by atoms with Gasteiger partial charge >= 0.3 is 34.2 Å². The maximum absolute atomic E-state index is 6.29. The lowest BCUT2D eigenvalue weighted by molar-refractivity contribution is 0.148. The molecule has 0 N–H and O–H groups in total. The second-order valence-corrected chi connectivity index (χ2v) is 25.4. The molecule has 47 heavy (non-hydrogen) atoms. The Morgan fingerprint density at radius 3 is 0.766 bits per heavy atom. The van der Waals surface area contributed by atoms with Gasteiger partial charge in [-0.3, -0.25) is 0 Å². The standard InChI is InChI=1S/C18H38O4Si2.C17H36O4Si2/c1-8-14-19-23(12-5,20-15-9-2)18(7)24(13-6,21-16-10-3)22-17-11-4;1-7-13-18-22(11-5,19-14-8-2)17-23(12-6,20-15-9-3)21-16-10-4/h12-13,18H,5-6,8-11,14-17H2,1-4,7H3;11-12H,5-10,13-17H2,1-4H3. The molecule has 0 spiro atoms. The number of hydrogen-bond donors (Lipinski definition) is 0. The second kappa shape index (κ2) is 29.3. The molecule has 0 heterocycles. The van der Waals surface area contributed by atoms with E-state index in [2.05, 4.69) is 88.6 Å². The largest absolute Gasteiger partial charge is 0.391 e. The van der Waals surface area contributed by atoms with E-state index in [1.165, 1.54) is 0 Å². The fourth-order valence-electron chi connectivity index (χ4n) is 4.61. The molecule has 0 aromatic rings. The minimum atomic E-state index is -2.67. The molecule has 0 unspecified atom stereocenters. The summed E-state index contributed by atoms with van der Waals surface area (Å²) in [7, 11) is -10.5. The van der Waals surface area contributed by atoms with Crippen molar-refractivity contribution in [2.45, 2.75) is 125 Å². The highest BCUT2D eigenvalue weighted by Gasteiger charge is 2.56.